The van der Waals surface area contributed by atoms with Gasteiger partial charge in [-0.1, -0.05) is 6.08 Å². The lowest BCUT2D eigenvalue weighted by Crippen LogP contribution is -2.47. The molecule has 1 aliphatic rings. The number of amides is 1. The van der Waals surface area contributed by atoms with Crippen LogP contribution in [0.2, 0.25) is 0 Å². The Labute approximate surface area is 83.1 Å². The summed E-state index contributed by atoms with van der Waals surface area (Å²) < 4.78 is 40.1. The van der Waals surface area contributed by atoms with Gasteiger partial charge in [0.1, 0.15) is 12.6 Å². The van der Waals surface area contributed by atoms with E-state index in [2.05, 4.69) is 11.3 Å². The van der Waals surface area contributed by atoms with Crippen LogP contribution in [0.25, 0.3) is 0 Å². The monoisotopic (exact) mass is 223 g/mol. The Kier molecular flexibility index (Phi) is 3.01. The molecule has 0 saturated carbocycles. The number of esters is 1. The summed E-state index contributed by atoms with van der Waals surface area (Å²) in [7, 11) is 0. The Bertz CT molecular complexity index is 300. The van der Waals surface area contributed by atoms with Crippen molar-refractivity contribution in [1.29, 1.82) is 0 Å². The van der Waals surface area contributed by atoms with Gasteiger partial charge < -0.3 is 10.1 Å². The van der Waals surface area contributed by atoms with Crippen molar-refractivity contribution >= 4 is 11.9 Å². The van der Waals surface area contributed by atoms with Crippen molar-refractivity contribution in [3.05, 3.63) is 12.7 Å². The molecule has 1 aliphatic heterocycles. The van der Waals surface area contributed by atoms with Gasteiger partial charge in [-0.15, -0.1) is 6.58 Å². The number of alkyl halides is 3. The largest absolute Gasteiger partial charge is 0.471 e. The van der Waals surface area contributed by atoms with Gasteiger partial charge in [0.05, 0.1) is 0 Å². The highest BCUT2D eigenvalue weighted by Crippen LogP contribution is 2.19. The highest BCUT2D eigenvalue weighted by Gasteiger charge is 2.44. The first-order chi connectivity index (χ1) is 6.86. The lowest BCUT2D eigenvalue weighted by molar-refractivity contribution is -0.175. The van der Waals surface area contributed by atoms with Crippen LogP contribution in [0.4, 0.5) is 13.2 Å². The predicted octanol–water partition coefficient (Wildman–Crippen LogP) is 0.392. The first kappa shape index (κ1) is 11.5. The molecule has 0 radical (unpaired) electrons. The summed E-state index contributed by atoms with van der Waals surface area (Å²) in [5.41, 5.74) is 0. The number of carbonyl (C=O) groups is 2. The molecule has 0 aromatic heterocycles. The predicted molar refractivity (Wildman–Crippen MR) is 42.6 cm³/mol. The van der Waals surface area contributed by atoms with Crippen LogP contribution in [0.3, 0.4) is 0 Å². The average Bonchev–Trinajstić information content (AvgIpc) is 2.46. The van der Waals surface area contributed by atoms with Crippen molar-refractivity contribution in [3.63, 3.8) is 0 Å². The Hall–Kier alpha value is -1.53. The molecule has 0 aromatic rings. The highest BCUT2D eigenvalue weighted by molar-refractivity contribution is 5.88. The van der Waals surface area contributed by atoms with E-state index < -0.39 is 30.0 Å². The maximum absolute atomic E-state index is 11.9. The van der Waals surface area contributed by atoms with E-state index in [1.165, 1.54) is 6.08 Å². The standard InChI is InChI=1S/C8H8F3NO3/c1-2-4-3-15-6(13)5(4)12-7(14)8(9,10)11/h2,4-5H,1,3H2,(H,12,14)/t4-,5+/m1/s1. The molecule has 1 rings (SSSR count). The van der Waals surface area contributed by atoms with Gasteiger partial charge in [0.2, 0.25) is 0 Å². The molecule has 0 unspecified atom stereocenters. The molecule has 1 heterocycles. The molecule has 0 spiro atoms. The molecule has 1 fully saturated rings. The van der Waals surface area contributed by atoms with Gasteiger partial charge >= 0.3 is 18.1 Å². The van der Waals surface area contributed by atoms with Crippen LogP contribution in [0, 0.1) is 5.92 Å². The first-order valence-corrected chi connectivity index (χ1v) is 4.03. The lowest BCUT2D eigenvalue weighted by Gasteiger charge is -2.14. The summed E-state index contributed by atoms with van der Waals surface area (Å²) in [6.07, 6.45) is -3.74. The van der Waals surface area contributed by atoms with Gasteiger partial charge in [0, 0.05) is 5.92 Å². The molecule has 0 bridgehead atoms. The van der Waals surface area contributed by atoms with Crippen LogP contribution in [0.15, 0.2) is 12.7 Å². The summed E-state index contributed by atoms with van der Waals surface area (Å²) in [6, 6.07) is -1.29. The third-order valence-corrected chi connectivity index (χ3v) is 1.95. The maximum Gasteiger partial charge on any atom is 0.471 e. The number of cyclic esters (lactones) is 1. The number of carbonyl (C=O) groups excluding carboxylic acids is 2. The quantitative estimate of drug-likeness (QED) is 0.544. The third kappa shape index (κ3) is 2.48. The number of halogens is 3. The molecule has 4 nitrogen and oxygen atoms in total. The van der Waals surface area contributed by atoms with Gasteiger partial charge in [-0.3, -0.25) is 4.79 Å². The molecule has 1 N–H and O–H groups in total. The topological polar surface area (TPSA) is 55.4 Å². The second-order valence-corrected chi connectivity index (χ2v) is 2.98. The van der Waals surface area contributed by atoms with Crippen molar-refractivity contribution in [1.82, 2.24) is 5.32 Å². The molecule has 84 valence electrons. The number of nitrogens with one attached hydrogen (secondary N) is 1. The van der Waals surface area contributed by atoms with Crippen LogP contribution < -0.4 is 5.32 Å². The van der Waals surface area contributed by atoms with Crippen LogP contribution in [0.5, 0.6) is 0 Å². The van der Waals surface area contributed by atoms with E-state index in [9.17, 15) is 22.8 Å². The fourth-order valence-corrected chi connectivity index (χ4v) is 1.13. The van der Waals surface area contributed by atoms with Crippen LogP contribution in [0.1, 0.15) is 0 Å². The van der Waals surface area contributed by atoms with E-state index in [0.717, 1.165) is 0 Å². The zero-order valence-corrected chi connectivity index (χ0v) is 7.50. The highest BCUT2D eigenvalue weighted by atomic mass is 19.4. The molecule has 1 saturated heterocycles. The van der Waals surface area contributed by atoms with Gasteiger partial charge in [-0.05, 0) is 0 Å². The molecular formula is C8H8F3NO3. The molecular weight excluding hydrogens is 215 g/mol. The Balaban J connectivity index is 2.68. The van der Waals surface area contributed by atoms with Crippen molar-refractivity contribution in [2.75, 3.05) is 6.61 Å². The first-order valence-electron chi connectivity index (χ1n) is 4.03. The SMILES string of the molecule is C=C[C@@H]1COC(=O)[C@H]1NC(=O)C(F)(F)F. The summed E-state index contributed by atoms with van der Waals surface area (Å²) in [6.45, 7) is 3.27. The number of ether oxygens (including phenoxy) is 1. The van der Waals surface area contributed by atoms with Gasteiger partial charge in [-0.25, -0.2) is 4.79 Å². The van der Waals surface area contributed by atoms with E-state index in [-0.39, 0.29) is 6.61 Å². The summed E-state index contributed by atoms with van der Waals surface area (Å²) in [5, 5.41) is 1.56. The average molecular weight is 223 g/mol. The second kappa shape index (κ2) is 3.92. The summed E-state index contributed by atoms with van der Waals surface area (Å²) in [5.74, 6) is -3.65. The minimum atomic E-state index is -5.01. The zero-order chi connectivity index (χ0) is 11.6. The van der Waals surface area contributed by atoms with Gasteiger partial charge in [-0.2, -0.15) is 13.2 Å². The Morgan fingerprint density at radius 2 is 2.20 bits per heavy atom. The van der Waals surface area contributed by atoms with Crippen molar-refractivity contribution in [3.8, 4) is 0 Å². The fourth-order valence-electron chi connectivity index (χ4n) is 1.13. The van der Waals surface area contributed by atoms with E-state index in [1.54, 1.807) is 5.32 Å². The maximum atomic E-state index is 11.9. The van der Waals surface area contributed by atoms with Gasteiger partial charge in [0.15, 0.2) is 0 Å². The number of hydrogen-bond donors (Lipinski definition) is 1. The Morgan fingerprint density at radius 1 is 1.60 bits per heavy atom. The molecule has 15 heavy (non-hydrogen) atoms. The minimum absolute atomic E-state index is 0.0643. The molecule has 7 heteroatoms. The lowest BCUT2D eigenvalue weighted by atomic mass is 10.0. The molecule has 0 aliphatic carbocycles. The fraction of sp³-hybridized carbons (Fsp3) is 0.500. The minimum Gasteiger partial charge on any atom is -0.463 e. The van der Waals surface area contributed by atoms with E-state index >= 15 is 0 Å². The van der Waals surface area contributed by atoms with E-state index in [0.29, 0.717) is 0 Å². The smallest absolute Gasteiger partial charge is 0.463 e. The van der Waals surface area contributed by atoms with E-state index in [4.69, 9.17) is 0 Å². The molecule has 1 amide bonds. The number of hydrogen-bond acceptors (Lipinski definition) is 3. The van der Waals surface area contributed by atoms with Crippen LogP contribution in [-0.4, -0.2) is 30.7 Å². The van der Waals surface area contributed by atoms with E-state index in [1.807, 2.05) is 0 Å². The van der Waals surface area contributed by atoms with Crippen LogP contribution >= 0.6 is 0 Å². The molecule has 2 atom stereocenters. The summed E-state index contributed by atoms with van der Waals surface area (Å²) in [4.78, 5) is 21.5. The van der Waals surface area contributed by atoms with Crippen molar-refractivity contribution in [2.45, 2.75) is 12.2 Å². The van der Waals surface area contributed by atoms with Crippen LogP contribution in [-0.2, 0) is 14.3 Å². The van der Waals surface area contributed by atoms with Crippen molar-refractivity contribution < 1.29 is 27.5 Å². The van der Waals surface area contributed by atoms with Crippen molar-refractivity contribution in [2.24, 2.45) is 5.92 Å². The number of rotatable bonds is 2. The molecule has 0 aromatic carbocycles. The van der Waals surface area contributed by atoms with Gasteiger partial charge in [0.25, 0.3) is 0 Å². The zero-order valence-electron chi connectivity index (χ0n) is 7.50. The third-order valence-electron chi connectivity index (χ3n) is 1.95. The Morgan fingerprint density at radius 3 is 2.67 bits per heavy atom. The normalized spacial score (nSPS) is 25.9. The second-order valence-electron chi connectivity index (χ2n) is 2.98. The summed E-state index contributed by atoms with van der Waals surface area (Å²) >= 11 is 0.